The Morgan fingerprint density at radius 3 is 2.21 bits per heavy atom. The molecule has 0 aliphatic heterocycles. The number of methoxy groups -OCH3 is 1. The molecule has 0 amide bonds. The van der Waals surface area contributed by atoms with E-state index in [0.717, 1.165) is 12.1 Å². The van der Waals surface area contributed by atoms with Crippen molar-refractivity contribution in [2.24, 2.45) is 0 Å². The van der Waals surface area contributed by atoms with Gasteiger partial charge in [-0.15, -0.1) is 0 Å². The number of allylic oxidation sites excluding steroid dienone is 1. The Bertz CT molecular complexity index is 1210. The fourth-order valence-electron chi connectivity index (χ4n) is 3.04. The molecule has 3 aromatic carbocycles. The summed E-state index contributed by atoms with van der Waals surface area (Å²) in [5, 5.41) is 18.6. The molecular formula is C25H18F3NO4. The molecule has 0 fully saturated rings. The van der Waals surface area contributed by atoms with E-state index in [-0.39, 0.29) is 17.7 Å². The topological polar surface area (TPSA) is 79.5 Å². The van der Waals surface area contributed by atoms with Crippen molar-refractivity contribution in [3.63, 3.8) is 0 Å². The monoisotopic (exact) mass is 453 g/mol. The van der Waals surface area contributed by atoms with E-state index in [9.17, 15) is 23.2 Å². The Morgan fingerprint density at radius 1 is 1.03 bits per heavy atom. The van der Waals surface area contributed by atoms with Gasteiger partial charge >= 0.3 is 12.1 Å². The van der Waals surface area contributed by atoms with E-state index < -0.39 is 17.7 Å². The average molecular weight is 453 g/mol. The normalized spacial score (nSPS) is 11.5. The second-order valence-corrected chi connectivity index (χ2v) is 6.91. The lowest BCUT2D eigenvalue weighted by atomic mass is 10.0. The van der Waals surface area contributed by atoms with Gasteiger partial charge in [0.15, 0.2) is 11.5 Å². The quantitative estimate of drug-likeness (QED) is 0.348. The van der Waals surface area contributed by atoms with Gasteiger partial charge in [0.05, 0.1) is 29.9 Å². The van der Waals surface area contributed by atoms with Crippen molar-refractivity contribution in [3.8, 4) is 17.6 Å². The lowest BCUT2D eigenvalue weighted by molar-refractivity contribution is -0.137. The fourth-order valence-corrected chi connectivity index (χ4v) is 3.04. The molecule has 0 spiro atoms. The third-order valence-electron chi connectivity index (χ3n) is 4.76. The van der Waals surface area contributed by atoms with Crippen molar-refractivity contribution < 1.29 is 32.5 Å². The van der Waals surface area contributed by atoms with Crippen molar-refractivity contribution >= 4 is 17.6 Å². The number of carboxylic acids is 1. The lowest BCUT2D eigenvalue weighted by Crippen LogP contribution is -2.04. The van der Waals surface area contributed by atoms with Crippen molar-refractivity contribution in [2.45, 2.75) is 12.8 Å². The van der Waals surface area contributed by atoms with Gasteiger partial charge < -0.3 is 14.6 Å². The van der Waals surface area contributed by atoms with Crippen LogP contribution in [0.15, 0.2) is 66.7 Å². The molecule has 1 N–H and O–H groups in total. The van der Waals surface area contributed by atoms with E-state index in [4.69, 9.17) is 14.6 Å². The number of rotatable bonds is 7. The number of benzene rings is 3. The molecule has 0 saturated heterocycles. The molecule has 0 atom stereocenters. The molecular weight excluding hydrogens is 435 g/mol. The van der Waals surface area contributed by atoms with Gasteiger partial charge in [-0.25, -0.2) is 4.79 Å². The number of ether oxygens (including phenoxy) is 2. The third kappa shape index (κ3) is 5.71. The minimum Gasteiger partial charge on any atom is -0.493 e. The number of nitrogens with zero attached hydrogens (tertiary/aromatic N) is 1. The second-order valence-electron chi connectivity index (χ2n) is 6.91. The minimum atomic E-state index is -4.47. The van der Waals surface area contributed by atoms with Gasteiger partial charge in [-0.05, 0) is 47.5 Å². The highest BCUT2D eigenvalue weighted by atomic mass is 19.4. The summed E-state index contributed by atoms with van der Waals surface area (Å²) < 4.78 is 49.8. The smallest absolute Gasteiger partial charge is 0.416 e. The van der Waals surface area contributed by atoms with Crippen LogP contribution in [0.3, 0.4) is 0 Å². The van der Waals surface area contributed by atoms with Crippen molar-refractivity contribution in [3.05, 3.63) is 94.5 Å². The predicted octanol–water partition coefficient (Wildman–Crippen LogP) is 6.06. The molecule has 33 heavy (non-hydrogen) atoms. The zero-order chi connectivity index (χ0) is 24.0. The molecule has 5 nitrogen and oxygen atoms in total. The first-order chi connectivity index (χ1) is 15.7. The summed E-state index contributed by atoms with van der Waals surface area (Å²) in [4.78, 5) is 11.0. The van der Waals surface area contributed by atoms with Crippen molar-refractivity contribution in [2.75, 3.05) is 7.11 Å². The number of hydrogen-bond acceptors (Lipinski definition) is 4. The summed E-state index contributed by atoms with van der Waals surface area (Å²) in [5.41, 5.74) is 1.02. The van der Waals surface area contributed by atoms with E-state index >= 15 is 0 Å². The molecule has 3 aromatic rings. The summed E-state index contributed by atoms with van der Waals surface area (Å²) in [5.74, 6) is -0.301. The highest BCUT2D eigenvalue weighted by Crippen LogP contribution is 2.35. The summed E-state index contributed by atoms with van der Waals surface area (Å²) in [6.07, 6.45) is -2.96. The Morgan fingerprint density at radius 2 is 1.67 bits per heavy atom. The maximum Gasteiger partial charge on any atom is 0.416 e. The number of carboxylic acid groups (broad SMARTS) is 1. The molecule has 0 aliphatic rings. The van der Waals surface area contributed by atoms with Crippen LogP contribution in [0.2, 0.25) is 0 Å². The summed E-state index contributed by atoms with van der Waals surface area (Å²) >= 11 is 0. The molecule has 168 valence electrons. The molecule has 3 rings (SSSR count). The fraction of sp³-hybridized carbons (Fsp3) is 0.120. The Hall–Kier alpha value is -4.25. The largest absolute Gasteiger partial charge is 0.493 e. The lowest BCUT2D eigenvalue weighted by Gasteiger charge is -2.14. The number of nitriles is 1. The zero-order valence-corrected chi connectivity index (χ0v) is 17.4. The van der Waals surface area contributed by atoms with Crippen LogP contribution >= 0.6 is 0 Å². The van der Waals surface area contributed by atoms with Gasteiger partial charge in [0, 0.05) is 5.56 Å². The van der Waals surface area contributed by atoms with Crippen LogP contribution in [0, 0.1) is 11.3 Å². The molecule has 8 heteroatoms. The molecule has 0 saturated carbocycles. The highest BCUT2D eigenvalue weighted by Gasteiger charge is 2.30. The predicted molar refractivity (Wildman–Crippen MR) is 116 cm³/mol. The minimum absolute atomic E-state index is 0.100. The first kappa shape index (κ1) is 23.4. The standard InChI is InChI=1S/C25H18F3NO4/c1-32-22-4-2-3-19(23(22)33-15-16-5-7-18(8-6-16)24(30)31)13-20(14-29)17-9-11-21(12-10-17)25(26,27)28/h2-13H,15H2,1H3,(H,30,31)/b20-13-. The maximum absolute atomic E-state index is 12.8. The van der Waals surface area contributed by atoms with Crippen molar-refractivity contribution in [1.29, 1.82) is 5.26 Å². The third-order valence-corrected chi connectivity index (χ3v) is 4.76. The Balaban J connectivity index is 1.91. The van der Waals surface area contributed by atoms with E-state index in [1.807, 2.05) is 6.07 Å². The number of para-hydroxylation sites is 1. The first-order valence-electron chi connectivity index (χ1n) is 9.64. The summed E-state index contributed by atoms with van der Waals surface area (Å²) in [7, 11) is 1.46. The molecule has 0 aromatic heterocycles. The number of hydrogen-bond donors (Lipinski definition) is 1. The van der Waals surface area contributed by atoms with Crippen LogP contribution in [0.1, 0.15) is 32.6 Å². The SMILES string of the molecule is COc1cccc(/C=C(/C#N)c2ccc(C(F)(F)F)cc2)c1OCc1ccc(C(=O)O)cc1. The van der Waals surface area contributed by atoms with Gasteiger partial charge in [-0.1, -0.05) is 36.4 Å². The summed E-state index contributed by atoms with van der Waals surface area (Å²) in [6.45, 7) is 0.100. The van der Waals surface area contributed by atoms with Gasteiger partial charge in [-0.2, -0.15) is 18.4 Å². The number of carbonyl (C=O) groups is 1. The van der Waals surface area contributed by atoms with E-state index in [2.05, 4.69) is 0 Å². The van der Waals surface area contributed by atoms with E-state index in [1.54, 1.807) is 30.3 Å². The van der Waals surface area contributed by atoms with Gasteiger partial charge in [0.25, 0.3) is 0 Å². The van der Waals surface area contributed by atoms with Crippen LogP contribution in [0.25, 0.3) is 11.6 Å². The Kier molecular flexibility index (Phi) is 7.04. The molecule has 0 unspecified atom stereocenters. The van der Waals surface area contributed by atoms with Gasteiger partial charge in [0.1, 0.15) is 6.61 Å². The van der Waals surface area contributed by atoms with Gasteiger partial charge in [-0.3, -0.25) is 0 Å². The van der Waals surface area contributed by atoms with E-state index in [1.165, 1.54) is 37.5 Å². The number of aromatic carboxylic acids is 1. The molecule has 0 radical (unpaired) electrons. The first-order valence-corrected chi connectivity index (χ1v) is 9.64. The maximum atomic E-state index is 12.8. The molecule has 0 heterocycles. The Labute approximate surface area is 187 Å². The van der Waals surface area contributed by atoms with Gasteiger partial charge in [0.2, 0.25) is 0 Å². The van der Waals surface area contributed by atoms with Crippen LogP contribution < -0.4 is 9.47 Å². The highest BCUT2D eigenvalue weighted by molar-refractivity contribution is 5.91. The second kappa shape index (κ2) is 9.92. The van der Waals surface area contributed by atoms with Crippen LogP contribution in [0.5, 0.6) is 11.5 Å². The average Bonchev–Trinajstić information content (AvgIpc) is 2.81. The molecule has 0 bridgehead atoms. The number of alkyl halides is 3. The molecule has 0 aliphatic carbocycles. The van der Waals surface area contributed by atoms with Crippen LogP contribution in [0.4, 0.5) is 13.2 Å². The summed E-state index contributed by atoms with van der Waals surface area (Å²) in [6, 6.07) is 17.5. The van der Waals surface area contributed by atoms with Crippen molar-refractivity contribution in [1.82, 2.24) is 0 Å². The number of halogens is 3. The van der Waals surface area contributed by atoms with E-state index in [0.29, 0.717) is 28.2 Å². The zero-order valence-electron chi connectivity index (χ0n) is 17.4. The van der Waals surface area contributed by atoms with Crippen LogP contribution in [-0.2, 0) is 12.8 Å². The van der Waals surface area contributed by atoms with Crippen LogP contribution in [-0.4, -0.2) is 18.2 Å².